The van der Waals surface area contributed by atoms with E-state index in [1.165, 1.54) is 0 Å². The first-order chi connectivity index (χ1) is 9.10. The van der Waals surface area contributed by atoms with E-state index in [-0.39, 0.29) is 12.7 Å². The molecule has 0 amide bonds. The number of nitrogens with one attached hydrogen (secondary N) is 1. The van der Waals surface area contributed by atoms with Gasteiger partial charge in [-0.1, -0.05) is 6.92 Å². The molecule has 2 N–H and O–H groups in total. The Morgan fingerprint density at radius 1 is 1.26 bits per heavy atom. The third-order valence-corrected chi connectivity index (χ3v) is 2.31. The first kappa shape index (κ1) is 15.4. The maximum Gasteiger partial charge on any atom is 0.323 e. The van der Waals surface area contributed by atoms with E-state index >= 15 is 0 Å². The Morgan fingerprint density at radius 2 is 2.00 bits per heavy atom. The van der Waals surface area contributed by atoms with Crippen LogP contribution in [0.15, 0.2) is 0 Å². The minimum absolute atomic E-state index is 0.00239. The Hall–Kier alpha value is -1.63. The van der Waals surface area contributed by atoms with Gasteiger partial charge in [-0.2, -0.15) is 15.0 Å². The highest BCUT2D eigenvalue weighted by atomic mass is 16.5. The SMILES string of the molecule is CCCN(CCO)c1nc(NC)nc(OC(C)C)n1. The van der Waals surface area contributed by atoms with Gasteiger partial charge in [-0.25, -0.2) is 0 Å². The zero-order valence-electron chi connectivity index (χ0n) is 12.1. The molecule has 0 aliphatic heterocycles. The molecule has 108 valence electrons. The van der Waals surface area contributed by atoms with E-state index in [1.54, 1.807) is 7.05 Å². The number of aliphatic hydroxyl groups is 1. The number of rotatable bonds is 8. The summed E-state index contributed by atoms with van der Waals surface area (Å²) in [6.07, 6.45) is 0.943. The van der Waals surface area contributed by atoms with Crippen molar-refractivity contribution < 1.29 is 9.84 Å². The Labute approximate surface area is 114 Å². The summed E-state index contributed by atoms with van der Waals surface area (Å²) in [4.78, 5) is 14.7. The van der Waals surface area contributed by atoms with E-state index in [0.29, 0.717) is 24.5 Å². The van der Waals surface area contributed by atoms with Crippen LogP contribution in [0.4, 0.5) is 11.9 Å². The highest BCUT2D eigenvalue weighted by molar-refractivity contribution is 5.38. The predicted octanol–water partition coefficient (Wildman–Crippen LogP) is 0.909. The smallest absolute Gasteiger partial charge is 0.323 e. The van der Waals surface area contributed by atoms with Gasteiger partial charge in [0.2, 0.25) is 11.9 Å². The van der Waals surface area contributed by atoms with Crippen LogP contribution in [0.25, 0.3) is 0 Å². The van der Waals surface area contributed by atoms with Crippen LogP contribution in [0.5, 0.6) is 6.01 Å². The molecule has 19 heavy (non-hydrogen) atoms. The number of aliphatic hydroxyl groups excluding tert-OH is 1. The molecule has 1 rings (SSSR count). The monoisotopic (exact) mass is 269 g/mol. The normalized spacial score (nSPS) is 10.6. The van der Waals surface area contributed by atoms with Crippen LogP contribution < -0.4 is 15.0 Å². The highest BCUT2D eigenvalue weighted by Gasteiger charge is 2.13. The predicted molar refractivity (Wildman–Crippen MR) is 74.7 cm³/mol. The zero-order valence-corrected chi connectivity index (χ0v) is 12.1. The Morgan fingerprint density at radius 3 is 2.53 bits per heavy atom. The molecule has 7 nitrogen and oxygen atoms in total. The standard InChI is InChI=1S/C12H23N5O2/c1-5-6-17(7-8-18)11-14-10(13-4)15-12(16-11)19-9(2)3/h9,18H,5-8H2,1-4H3,(H,13,14,15,16). The molecular weight excluding hydrogens is 246 g/mol. The zero-order chi connectivity index (χ0) is 14.3. The summed E-state index contributed by atoms with van der Waals surface area (Å²) in [5, 5.41) is 12.0. The highest BCUT2D eigenvalue weighted by Crippen LogP contribution is 2.15. The summed E-state index contributed by atoms with van der Waals surface area (Å²) < 4.78 is 5.51. The van der Waals surface area contributed by atoms with Gasteiger partial charge in [-0.3, -0.25) is 0 Å². The second-order valence-corrected chi connectivity index (χ2v) is 4.37. The third kappa shape index (κ3) is 4.86. The molecule has 0 fully saturated rings. The molecule has 0 spiro atoms. The topological polar surface area (TPSA) is 83.4 Å². The van der Waals surface area contributed by atoms with Crippen molar-refractivity contribution in [1.29, 1.82) is 0 Å². The molecule has 0 saturated heterocycles. The van der Waals surface area contributed by atoms with Gasteiger partial charge in [0, 0.05) is 20.1 Å². The molecule has 1 aromatic rings. The molecule has 0 bridgehead atoms. The van der Waals surface area contributed by atoms with Crippen LogP contribution in [0, 0.1) is 0 Å². The third-order valence-electron chi connectivity index (χ3n) is 2.31. The number of anilines is 2. The van der Waals surface area contributed by atoms with E-state index in [4.69, 9.17) is 9.84 Å². The number of hydrogen-bond acceptors (Lipinski definition) is 7. The minimum Gasteiger partial charge on any atom is -0.461 e. The summed E-state index contributed by atoms with van der Waals surface area (Å²) in [6, 6.07) is 0.295. The molecule has 0 aliphatic rings. The van der Waals surface area contributed by atoms with E-state index in [0.717, 1.165) is 13.0 Å². The van der Waals surface area contributed by atoms with Gasteiger partial charge < -0.3 is 20.1 Å². The summed E-state index contributed by atoms with van der Waals surface area (Å²) >= 11 is 0. The fourth-order valence-corrected chi connectivity index (χ4v) is 1.57. The lowest BCUT2D eigenvalue weighted by Crippen LogP contribution is -2.30. The summed E-state index contributed by atoms with van der Waals surface area (Å²) in [7, 11) is 1.74. The maximum absolute atomic E-state index is 9.11. The summed E-state index contributed by atoms with van der Waals surface area (Å²) in [5.74, 6) is 0.977. The van der Waals surface area contributed by atoms with Crippen molar-refractivity contribution in [1.82, 2.24) is 15.0 Å². The van der Waals surface area contributed by atoms with Gasteiger partial charge in [0.25, 0.3) is 0 Å². The van der Waals surface area contributed by atoms with Crippen LogP contribution in [-0.2, 0) is 0 Å². The first-order valence-corrected chi connectivity index (χ1v) is 6.57. The molecule has 0 unspecified atom stereocenters. The average Bonchev–Trinajstić information content (AvgIpc) is 2.37. The summed E-state index contributed by atoms with van der Waals surface area (Å²) in [6.45, 7) is 7.22. The van der Waals surface area contributed by atoms with Gasteiger partial charge in [-0.15, -0.1) is 0 Å². The van der Waals surface area contributed by atoms with Gasteiger partial charge in [0.15, 0.2) is 0 Å². The van der Waals surface area contributed by atoms with Crippen LogP contribution in [0.2, 0.25) is 0 Å². The van der Waals surface area contributed by atoms with Gasteiger partial charge in [-0.05, 0) is 20.3 Å². The molecular formula is C12H23N5O2. The van der Waals surface area contributed by atoms with Crippen LogP contribution in [0.3, 0.4) is 0 Å². The van der Waals surface area contributed by atoms with Crippen molar-refractivity contribution in [3.63, 3.8) is 0 Å². The maximum atomic E-state index is 9.11. The Bertz CT molecular complexity index is 380. The molecule has 1 heterocycles. The van der Waals surface area contributed by atoms with Crippen molar-refractivity contribution in [2.75, 3.05) is 37.0 Å². The Kier molecular flexibility index (Phi) is 6.27. The van der Waals surface area contributed by atoms with E-state index in [2.05, 4.69) is 27.2 Å². The fourth-order valence-electron chi connectivity index (χ4n) is 1.57. The van der Waals surface area contributed by atoms with Crippen LogP contribution in [0.1, 0.15) is 27.2 Å². The number of nitrogens with zero attached hydrogens (tertiary/aromatic N) is 4. The largest absolute Gasteiger partial charge is 0.461 e. The van der Waals surface area contributed by atoms with Gasteiger partial charge in [0.1, 0.15) is 0 Å². The fraction of sp³-hybridized carbons (Fsp3) is 0.750. The van der Waals surface area contributed by atoms with Crippen molar-refractivity contribution >= 4 is 11.9 Å². The molecule has 0 aliphatic carbocycles. The molecule has 0 atom stereocenters. The number of ether oxygens (including phenoxy) is 1. The molecule has 7 heteroatoms. The average molecular weight is 269 g/mol. The van der Waals surface area contributed by atoms with E-state index in [9.17, 15) is 0 Å². The number of aromatic nitrogens is 3. The minimum atomic E-state index is -0.00239. The lowest BCUT2D eigenvalue weighted by Gasteiger charge is -2.21. The Balaban J connectivity index is 3.02. The van der Waals surface area contributed by atoms with Crippen molar-refractivity contribution in [3.05, 3.63) is 0 Å². The van der Waals surface area contributed by atoms with Crippen molar-refractivity contribution in [3.8, 4) is 6.01 Å². The molecule has 0 aromatic carbocycles. The first-order valence-electron chi connectivity index (χ1n) is 6.57. The number of hydrogen-bond donors (Lipinski definition) is 2. The van der Waals surface area contributed by atoms with Crippen LogP contribution >= 0.6 is 0 Å². The summed E-state index contributed by atoms with van der Waals surface area (Å²) in [5.41, 5.74) is 0. The van der Waals surface area contributed by atoms with Crippen LogP contribution in [-0.4, -0.2) is 52.9 Å². The molecule has 0 saturated carbocycles. The van der Waals surface area contributed by atoms with Crippen molar-refractivity contribution in [2.24, 2.45) is 0 Å². The van der Waals surface area contributed by atoms with E-state index in [1.807, 2.05) is 18.7 Å². The molecule has 0 radical (unpaired) electrons. The second-order valence-electron chi connectivity index (χ2n) is 4.37. The lowest BCUT2D eigenvalue weighted by atomic mass is 10.4. The van der Waals surface area contributed by atoms with Gasteiger partial charge in [0.05, 0.1) is 12.7 Å². The van der Waals surface area contributed by atoms with Gasteiger partial charge >= 0.3 is 6.01 Å². The molecule has 1 aromatic heterocycles. The quantitative estimate of drug-likeness (QED) is 0.725. The second kappa shape index (κ2) is 7.73. The van der Waals surface area contributed by atoms with Crippen molar-refractivity contribution in [2.45, 2.75) is 33.3 Å². The van der Waals surface area contributed by atoms with E-state index < -0.39 is 0 Å². The lowest BCUT2D eigenvalue weighted by molar-refractivity contribution is 0.222.